The highest BCUT2D eigenvalue weighted by Gasteiger charge is 2.20. The zero-order valence-corrected chi connectivity index (χ0v) is 9.66. The van der Waals surface area contributed by atoms with Gasteiger partial charge in [-0.1, -0.05) is 24.3 Å². The molecule has 16 heavy (non-hydrogen) atoms. The van der Waals surface area contributed by atoms with Crippen molar-refractivity contribution >= 4 is 23.4 Å². The number of carbonyl (C=O) groups excluding carboxylic acids is 1. The van der Waals surface area contributed by atoms with Crippen LogP contribution in [-0.4, -0.2) is 32.6 Å². The molecule has 0 aromatic carbocycles. The number of hydrogen-bond donors (Lipinski definition) is 2. The topological polar surface area (TPSA) is 92.2 Å². The van der Waals surface area contributed by atoms with Crippen molar-refractivity contribution in [2.24, 2.45) is 0 Å². The molecule has 0 saturated heterocycles. The molecule has 0 bridgehead atoms. The van der Waals surface area contributed by atoms with Crippen molar-refractivity contribution in [1.82, 2.24) is 14.9 Å². The molecule has 1 unspecified atom stereocenters. The predicted octanol–water partition coefficient (Wildman–Crippen LogP) is 0.911. The Bertz CT molecular complexity index is 353. The van der Waals surface area contributed by atoms with Gasteiger partial charge in [0.05, 0.1) is 6.20 Å². The zero-order valence-electron chi connectivity index (χ0n) is 8.84. The Morgan fingerprint density at radius 2 is 2.38 bits per heavy atom. The lowest BCUT2D eigenvalue weighted by atomic mass is 10.1. The molecular weight excluding hydrogens is 230 g/mol. The summed E-state index contributed by atoms with van der Waals surface area (Å²) in [6.45, 7) is 1.97. The molecule has 1 aromatic rings. The van der Waals surface area contributed by atoms with Gasteiger partial charge in [0.25, 0.3) is 5.91 Å². The number of nitrogens with zero attached hydrogens (tertiary/aromatic N) is 2. The van der Waals surface area contributed by atoms with Gasteiger partial charge < -0.3 is 10.4 Å². The third-order valence-electron chi connectivity index (χ3n) is 2.03. The number of rotatable bonds is 6. The van der Waals surface area contributed by atoms with Crippen LogP contribution < -0.4 is 5.32 Å². The first-order chi connectivity index (χ1) is 7.65. The maximum atomic E-state index is 11.5. The van der Waals surface area contributed by atoms with Gasteiger partial charge in [-0.05, 0) is 18.0 Å². The smallest absolute Gasteiger partial charge is 0.326 e. The highest BCUT2D eigenvalue weighted by Crippen LogP contribution is 2.05. The SMILES string of the molecule is CCCCC(NC(=O)c1cnns1)C(=O)O. The summed E-state index contributed by atoms with van der Waals surface area (Å²) in [4.78, 5) is 22.7. The third kappa shape index (κ3) is 3.58. The van der Waals surface area contributed by atoms with Crippen LogP contribution in [0.2, 0.25) is 0 Å². The highest BCUT2D eigenvalue weighted by atomic mass is 32.1. The molecule has 0 radical (unpaired) electrons. The minimum absolute atomic E-state index is 0.322. The van der Waals surface area contributed by atoms with E-state index in [9.17, 15) is 9.59 Å². The minimum atomic E-state index is -1.01. The first-order valence-corrected chi connectivity index (χ1v) is 5.73. The molecule has 1 aromatic heterocycles. The Balaban J connectivity index is 2.54. The van der Waals surface area contributed by atoms with E-state index in [4.69, 9.17) is 5.11 Å². The molecule has 1 amide bonds. The third-order valence-corrected chi connectivity index (χ3v) is 2.70. The summed E-state index contributed by atoms with van der Waals surface area (Å²) in [7, 11) is 0. The second kappa shape index (κ2) is 6.16. The standard InChI is InChI=1S/C9H13N3O3S/c1-2-3-4-6(9(14)15)11-8(13)7-5-10-12-16-7/h5-6H,2-4H2,1H3,(H,11,13)(H,14,15). The molecule has 0 fully saturated rings. The molecule has 0 aliphatic heterocycles. The Labute approximate surface area is 96.8 Å². The largest absolute Gasteiger partial charge is 0.480 e. The maximum absolute atomic E-state index is 11.5. The van der Waals surface area contributed by atoms with Crippen molar-refractivity contribution < 1.29 is 14.7 Å². The summed E-state index contributed by atoms with van der Waals surface area (Å²) >= 11 is 0.942. The van der Waals surface area contributed by atoms with Crippen molar-refractivity contribution in [3.8, 4) is 0 Å². The molecule has 0 saturated carbocycles. The fraction of sp³-hybridized carbons (Fsp3) is 0.556. The van der Waals surface area contributed by atoms with E-state index in [1.165, 1.54) is 6.20 Å². The summed E-state index contributed by atoms with van der Waals surface area (Å²) in [6, 6.07) is -0.838. The van der Waals surface area contributed by atoms with Crippen LogP contribution in [0.1, 0.15) is 35.9 Å². The fourth-order valence-electron chi connectivity index (χ4n) is 1.16. The fourth-order valence-corrected chi connectivity index (χ4v) is 1.58. The molecule has 1 atom stereocenters. The average molecular weight is 243 g/mol. The van der Waals surface area contributed by atoms with Crippen LogP contribution in [0.25, 0.3) is 0 Å². The summed E-state index contributed by atoms with van der Waals surface area (Å²) in [5.41, 5.74) is 0. The number of carbonyl (C=O) groups is 2. The van der Waals surface area contributed by atoms with Gasteiger partial charge in [0.15, 0.2) is 0 Å². The maximum Gasteiger partial charge on any atom is 0.326 e. The molecule has 0 aliphatic carbocycles. The molecule has 7 heteroatoms. The molecule has 0 spiro atoms. The van der Waals surface area contributed by atoms with Gasteiger partial charge in [0, 0.05) is 0 Å². The first-order valence-electron chi connectivity index (χ1n) is 4.96. The van der Waals surface area contributed by atoms with Crippen LogP contribution in [0.5, 0.6) is 0 Å². The van der Waals surface area contributed by atoms with E-state index in [-0.39, 0.29) is 0 Å². The first kappa shape index (κ1) is 12.6. The quantitative estimate of drug-likeness (QED) is 0.774. The van der Waals surface area contributed by atoms with Crippen LogP contribution in [-0.2, 0) is 4.79 Å². The number of unbranched alkanes of at least 4 members (excludes halogenated alkanes) is 1. The zero-order chi connectivity index (χ0) is 12.0. The number of amides is 1. The second-order valence-electron chi connectivity index (χ2n) is 3.29. The van der Waals surface area contributed by atoms with Crippen LogP contribution in [0.4, 0.5) is 0 Å². The molecule has 2 N–H and O–H groups in total. The monoisotopic (exact) mass is 243 g/mol. The van der Waals surface area contributed by atoms with E-state index >= 15 is 0 Å². The van der Waals surface area contributed by atoms with Crippen molar-refractivity contribution in [1.29, 1.82) is 0 Å². The Morgan fingerprint density at radius 1 is 1.62 bits per heavy atom. The number of nitrogens with one attached hydrogen (secondary N) is 1. The van der Waals surface area contributed by atoms with Gasteiger partial charge in [0.2, 0.25) is 0 Å². The summed E-state index contributed by atoms with van der Waals surface area (Å²) in [6.07, 6.45) is 3.41. The van der Waals surface area contributed by atoms with Gasteiger partial charge in [0.1, 0.15) is 10.9 Å². The van der Waals surface area contributed by atoms with Gasteiger partial charge in [-0.3, -0.25) is 4.79 Å². The molecule has 88 valence electrons. The Kier molecular flexibility index (Phi) is 4.84. The van der Waals surface area contributed by atoms with Crippen molar-refractivity contribution in [3.63, 3.8) is 0 Å². The van der Waals surface area contributed by atoms with Crippen LogP contribution in [0, 0.1) is 0 Å². The number of carboxylic acid groups (broad SMARTS) is 1. The number of aromatic nitrogens is 2. The van der Waals surface area contributed by atoms with Crippen LogP contribution in [0.15, 0.2) is 6.20 Å². The lowest BCUT2D eigenvalue weighted by Crippen LogP contribution is -2.40. The summed E-state index contributed by atoms with van der Waals surface area (Å²) in [5, 5.41) is 14.9. The summed E-state index contributed by atoms with van der Waals surface area (Å²) < 4.78 is 3.54. The van der Waals surface area contributed by atoms with E-state index in [0.717, 1.165) is 24.4 Å². The van der Waals surface area contributed by atoms with Gasteiger partial charge >= 0.3 is 5.97 Å². The lowest BCUT2D eigenvalue weighted by molar-refractivity contribution is -0.139. The van der Waals surface area contributed by atoms with Crippen molar-refractivity contribution in [3.05, 3.63) is 11.1 Å². The van der Waals surface area contributed by atoms with Crippen LogP contribution in [0.3, 0.4) is 0 Å². The molecule has 1 heterocycles. The summed E-state index contributed by atoms with van der Waals surface area (Å²) in [5.74, 6) is -1.45. The Morgan fingerprint density at radius 3 is 2.88 bits per heavy atom. The molecular formula is C9H13N3O3S. The minimum Gasteiger partial charge on any atom is -0.480 e. The second-order valence-corrected chi connectivity index (χ2v) is 4.07. The van der Waals surface area contributed by atoms with E-state index in [2.05, 4.69) is 14.9 Å². The Hall–Kier alpha value is -1.50. The van der Waals surface area contributed by atoms with Crippen molar-refractivity contribution in [2.75, 3.05) is 0 Å². The van der Waals surface area contributed by atoms with E-state index in [1.54, 1.807) is 0 Å². The highest BCUT2D eigenvalue weighted by molar-refractivity contribution is 7.07. The number of aliphatic carboxylic acids is 1. The average Bonchev–Trinajstić information content (AvgIpc) is 2.76. The number of hydrogen-bond acceptors (Lipinski definition) is 5. The van der Waals surface area contributed by atoms with Crippen molar-refractivity contribution in [2.45, 2.75) is 32.2 Å². The van der Waals surface area contributed by atoms with Gasteiger partial charge in [-0.25, -0.2) is 4.79 Å². The van der Waals surface area contributed by atoms with Gasteiger partial charge in [-0.15, -0.1) is 5.10 Å². The normalized spacial score (nSPS) is 12.1. The predicted molar refractivity (Wildman–Crippen MR) is 58.3 cm³/mol. The molecule has 1 rings (SSSR count). The van der Waals surface area contributed by atoms with Gasteiger partial charge in [-0.2, -0.15) is 0 Å². The van der Waals surface area contributed by atoms with Crippen LogP contribution >= 0.6 is 11.5 Å². The lowest BCUT2D eigenvalue weighted by Gasteiger charge is -2.12. The molecule has 6 nitrogen and oxygen atoms in total. The number of carboxylic acids is 1. The molecule has 0 aliphatic rings. The van der Waals surface area contributed by atoms with E-state index in [1.807, 2.05) is 6.92 Å². The van der Waals surface area contributed by atoms with E-state index < -0.39 is 17.9 Å². The van der Waals surface area contributed by atoms with E-state index in [0.29, 0.717) is 11.3 Å².